The lowest BCUT2D eigenvalue weighted by atomic mass is 9.97. The van der Waals surface area contributed by atoms with Crippen LogP contribution in [0.5, 0.6) is 0 Å². The van der Waals surface area contributed by atoms with Crippen LogP contribution in [0.4, 0.5) is 5.69 Å². The van der Waals surface area contributed by atoms with Gasteiger partial charge in [-0.05, 0) is 11.6 Å². The number of benzene rings is 2. The number of aliphatic hydroxyl groups is 1. The molecule has 102 valence electrons. The number of Topliss-reactive ketones (excluding diaryl/α,β-unsaturated/α-hetero) is 1. The number of fused-ring (bicyclic) bond motifs is 2. The number of hydrogen-bond donors (Lipinski definition) is 2. The third-order valence-corrected chi connectivity index (χ3v) is 3.98. The molecule has 0 bridgehead atoms. The highest BCUT2D eigenvalue weighted by molar-refractivity contribution is 6.20. The molecule has 0 aromatic heterocycles. The summed E-state index contributed by atoms with van der Waals surface area (Å²) in [6.07, 6.45) is 3.89. The lowest BCUT2D eigenvalue weighted by molar-refractivity contribution is 0.103. The number of anilines is 1. The van der Waals surface area contributed by atoms with Gasteiger partial charge in [-0.1, -0.05) is 54.6 Å². The topological polar surface area (TPSA) is 49.3 Å². The molecule has 1 heterocycles. The maximum atomic E-state index is 12.5. The van der Waals surface area contributed by atoms with Crippen molar-refractivity contribution in [3.63, 3.8) is 0 Å². The van der Waals surface area contributed by atoms with Gasteiger partial charge in [-0.15, -0.1) is 0 Å². The molecule has 2 aromatic rings. The van der Waals surface area contributed by atoms with Gasteiger partial charge in [0, 0.05) is 16.8 Å². The van der Waals surface area contributed by atoms with Crippen LogP contribution in [0.15, 0.2) is 60.2 Å². The normalized spacial score (nSPS) is 19.2. The van der Waals surface area contributed by atoms with Crippen molar-refractivity contribution in [1.82, 2.24) is 0 Å². The largest absolute Gasteiger partial charge is 0.507 e. The molecular weight excluding hydrogens is 262 g/mol. The second-order valence-corrected chi connectivity index (χ2v) is 5.21. The molecule has 1 aliphatic heterocycles. The summed E-state index contributed by atoms with van der Waals surface area (Å²) in [4.78, 5) is 12.5. The summed E-state index contributed by atoms with van der Waals surface area (Å²) < 4.78 is 0. The van der Waals surface area contributed by atoms with E-state index in [2.05, 4.69) is 5.32 Å². The molecule has 0 amide bonds. The van der Waals surface area contributed by atoms with Crippen LogP contribution >= 0.6 is 0 Å². The molecule has 0 spiro atoms. The van der Waals surface area contributed by atoms with E-state index in [1.807, 2.05) is 48.6 Å². The molecule has 0 fully saturated rings. The highest BCUT2D eigenvalue weighted by Crippen LogP contribution is 2.35. The molecule has 1 atom stereocenters. The second kappa shape index (κ2) is 4.35. The zero-order chi connectivity index (χ0) is 14.4. The Morgan fingerprint density at radius 1 is 0.952 bits per heavy atom. The molecule has 4 rings (SSSR count). The molecule has 3 nitrogen and oxygen atoms in total. The van der Waals surface area contributed by atoms with E-state index < -0.39 is 0 Å². The van der Waals surface area contributed by atoms with Crippen molar-refractivity contribution in [3.8, 4) is 0 Å². The van der Waals surface area contributed by atoms with Gasteiger partial charge in [-0.2, -0.15) is 0 Å². The predicted molar refractivity (Wildman–Crippen MR) is 83.2 cm³/mol. The summed E-state index contributed by atoms with van der Waals surface area (Å²) in [7, 11) is 0. The van der Waals surface area contributed by atoms with Gasteiger partial charge in [0.15, 0.2) is 5.78 Å². The molecule has 0 saturated carbocycles. The Balaban J connectivity index is 1.77. The first-order valence-corrected chi connectivity index (χ1v) is 6.87. The molecule has 2 aromatic carbocycles. The smallest absolute Gasteiger partial charge is 0.195 e. The molecule has 1 unspecified atom stereocenters. The summed E-state index contributed by atoms with van der Waals surface area (Å²) >= 11 is 0. The maximum absolute atomic E-state index is 12.5. The Morgan fingerprint density at radius 2 is 1.67 bits per heavy atom. The van der Waals surface area contributed by atoms with Crippen molar-refractivity contribution in [1.29, 1.82) is 0 Å². The van der Waals surface area contributed by atoms with Crippen LogP contribution in [-0.4, -0.2) is 16.9 Å². The summed E-state index contributed by atoms with van der Waals surface area (Å²) in [5.74, 6) is -0.0261. The first kappa shape index (κ1) is 12.0. The molecule has 0 radical (unpaired) electrons. The molecule has 3 heteroatoms. The van der Waals surface area contributed by atoms with Crippen LogP contribution in [0.1, 0.15) is 21.5 Å². The van der Waals surface area contributed by atoms with Gasteiger partial charge >= 0.3 is 0 Å². The zero-order valence-corrected chi connectivity index (χ0v) is 11.2. The first-order valence-electron chi connectivity index (χ1n) is 6.87. The standard InChI is InChI=1S/C18H13NO2/c20-17-12-6-2-3-7-13(12)18(21)16(17)15-10-9-11-5-1-4-8-14(11)19-15/h1-10,15,19-20H. The fraction of sp³-hybridized carbons (Fsp3) is 0.0556. The Morgan fingerprint density at radius 3 is 2.48 bits per heavy atom. The van der Waals surface area contributed by atoms with Gasteiger partial charge in [-0.3, -0.25) is 4.79 Å². The summed E-state index contributed by atoms with van der Waals surface area (Å²) in [5, 5.41) is 13.7. The second-order valence-electron chi connectivity index (χ2n) is 5.21. The predicted octanol–water partition coefficient (Wildman–Crippen LogP) is 3.66. The van der Waals surface area contributed by atoms with Crippen LogP contribution in [-0.2, 0) is 0 Å². The summed E-state index contributed by atoms with van der Waals surface area (Å²) in [5.41, 5.74) is 3.65. The van der Waals surface area contributed by atoms with E-state index in [9.17, 15) is 9.90 Å². The van der Waals surface area contributed by atoms with Crippen LogP contribution in [0.2, 0.25) is 0 Å². The number of carbonyl (C=O) groups excluding carboxylic acids is 1. The van der Waals surface area contributed by atoms with Gasteiger partial charge in [0.25, 0.3) is 0 Å². The minimum Gasteiger partial charge on any atom is -0.507 e. The van der Waals surface area contributed by atoms with Crippen molar-refractivity contribution < 1.29 is 9.90 Å². The molecule has 0 saturated heterocycles. The molecule has 1 aliphatic carbocycles. The number of aliphatic hydroxyl groups excluding tert-OH is 1. The number of ketones is 1. The number of para-hydroxylation sites is 1. The quantitative estimate of drug-likeness (QED) is 0.835. The van der Waals surface area contributed by atoms with Crippen molar-refractivity contribution >= 4 is 23.3 Å². The monoisotopic (exact) mass is 275 g/mol. The SMILES string of the molecule is O=C1C(C2C=Cc3ccccc3N2)=C(O)c2ccccc21. The van der Waals surface area contributed by atoms with Gasteiger partial charge in [0.1, 0.15) is 5.76 Å². The van der Waals surface area contributed by atoms with Crippen molar-refractivity contribution in [2.45, 2.75) is 6.04 Å². The Kier molecular flexibility index (Phi) is 2.48. The van der Waals surface area contributed by atoms with Crippen molar-refractivity contribution in [2.75, 3.05) is 5.32 Å². The van der Waals surface area contributed by atoms with Gasteiger partial charge in [0.2, 0.25) is 0 Å². The minimum atomic E-state index is -0.306. The summed E-state index contributed by atoms with van der Waals surface area (Å²) in [6, 6.07) is 14.7. The average Bonchev–Trinajstić information content (AvgIpc) is 2.79. The first-order chi connectivity index (χ1) is 10.3. The van der Waals surface area contributed by atoms with Crippen LogP contribution in [0.25, 0.3) is 11.8 Å². The average molecular weight is 275 g/mol. The number of nitrogens with one attached hydrogen (secondary N) is 1. The van der Waals surface area contributed by atoms with Gasteiger partial charge in [-0.25, -0.2) is 0 Å². The lowest BCUT2D eigenvalue weighted by Crippen LogP contribution is -2.26. The number of rotatable bonds is 1. The summed E-state index contributed by atoms with van der Waals surface area (Å²) in [6.45, 7) is 0. The number of hydrogen-bond acceptors (Lipinski definition) is 3. The van der Waals surface area contributed by atoms with E-state index in [-0.39, 0.29) is 17.6 Å². The highest BCUT2D eigenvalue weighted by atomic mass is 16.3. The minimum absolute atomic E-state index is 0.0807. The molecule has 2 aliphatic rings. The number of carbonyl (C=O) groups is 1. The third-order valence-electron chi connectivity index (χ3n) is 3.98. The van der Waals surface area contributed by atoms with E-state index in [1.165, 1.54) is 0 Å². The van der Waals surface area contributed by atoms with E-state index in [4.69, 9.17) is 0 Å². The van der Waals surface area contributed by atoms with Crippen LogP contribution < -0.4 is 5.32 Å². The van der Waals surface area contributed by atoms with E-state index in [1.54, 1.807) is 12.1 Å². The van der Waals surface area contributed by atoms with Crippen LogP contribution in [0, 0.1) is 0 Å². The zero-order valence-electron chi connectivity index (χ0n) is 11.2. The molecular formula is C18H13NO2. The van der Waals surface area contributed by atoms with Gasteiger partial charge in [0.05, 0.1) is 11.6 Å². The van der Waals surface area contributed by atoms with Crippen LogP contribution in [0.3, 0.4) is 0 Å². The van der Waals surface area contributed by atoms with E-state index >= 15 is 0 Å². The van der Waals surface area contributed by atoms with Crippen molar-refractivity contribution in [2.24, 2.45) is 0 Å². The Hall–Kier alpha value is -2.81. The van der Waals surface area contributed by atoms with E-state index in [0.717, 1.165) is 11.3 Å². The molecule has 21 heavy (non-hydrogen) atoms. The van der Waals surface area contributed by atoms with Gasteiger partial charge < -0.3 is 10.4 Å². The fourth-order valence-electron chi connectivity index (χ4n) is 2.93. The Labute approximate surface area is 122 Å². The fourth-order valence-corrected chi connectivity index (χ4v) is 2.93. The lowest BCUT2D eigenvalue weighted by Gasteiger charge is -2.22. The maximum Gasteiger partial charge on any atom is 0.195 e. The van der Waals surface area contributed by atoms with E-state index in [0.29, 0.717) is 16.7 Å². The van der Waals surface area contributed by atoms with Crippen molar-refractivity contribution in [3.05, 3.63) is 76.9 Å². The highest BCUT2D eigenvalue weighted by Gasteiger charge is 2.34. The third kappa shape index (κ3) is 1.71. The molecule has 2 N–H and O–H groups in total. The Bertz CT molecular complexity index is 817.